The molecule has 1 aromatic carbocycles. The van der Waals surface area contributed by atoms with E-state index in [0.29, 0.717) is 17.3 Å². The Morgan fingerprint density at radius 3 is 2.70 bits per heavy atom. The second kappa shape index (κ2) is 5.05. The minimum absolute atomic E-state index is 0.207. The highest BCUT2D eigenvalue weighted by atomic mass is 16.3. The topological polar surface area (TPSA) is 65.7 Å². The summed E-state index contributed by atoms with van der Waals surface area (Å²) in [6, 6.07) is 11.6. The zero-order chi connectivity index (χ0) is 16.0. The Morgan fingerprint density at radius 2 is 1.91 bits per heavy atom. The molecule has 0 aliphatic rings. The van der Waals surface area contributed by atoms with E-state index >= 15 is 0 Å². The van der Waals surface area contributed by atoms with Crippen molar-refractivity contribution in [2.45, 2.75) is 19.9 Å². The predicted octanol–water partition coefficient (Wildman–Crippen LogP) is 3.35. The van der Waals surface area contributed by atoms with E-state index in [4.69, 9.17) is 0 Å². The van der Waals surface area contributed by atoms with Gasteiger partial charge in [-0.15, -0.1) is 10.2 Å². The highest BCUT2D eigenvalue weighted by molar-refractivity contribution is 6.05. The Morgan fingerprint density at radius 1 is 1.09 bits per heavy atom. The number of para-hydroxylation sites is 1. The quantitative estimate of drug-likeness (QED) is 0.558. The third kappa shape index (κ3) is 2.21. The Labute approximate surface area is 133 Å². The molecule has 0 aliphatic heterocycles. The van der Waals surface area contributed by atoms with Crippen LogP contribution in [0.25, 0.3) is 33.2 Å². The number of pyridine rings is 1. The summed E-state index contributed by atoms with van der Waals surface area (Å²) in [6.45, 7) is 4.29. The van der Waals surface area contributed by atoms with Gasteiger partial charge in [0, 0.05) is 17.0 Å². The fourth-order valence-corrected chi connectivity index (χ4v) is 2.80. The van der Waals surface area contributed by atoms with Crippen LogP contribution in [0.3, 0.4) is 0 Å². The van der Waals surface area contributed by atoms with Crippen LogP contribution in [0.15, 0.2) is 48.8 Å². The number of aromatic amines is 1. The van der Waals surface area contributed by atoms with E-state index in [1.54, 1.807) is 12.1 Å². The molecule has 2 N–H and O–H groups in total. The summed E-state index contributed by atoms with van der Waals surface area (Å²) in [6.07, 6.45) is 4.18. The molecule has 0 saturated carbocycles. The molecule has 4 rings (SSSR count). The molecule has 0 radical (unpaired) electrons. The number of benzene rings is 1. The average Bonchev–Trinajstić information content (AvgIpc) is 2.92. The molecule has 3 aromatic heterocycles. The number of aromatic hydroxyl groups is 1. The minimum Gasteiger partial charge on any atom is -0.507 e. The molecule has 0 saturated heterocycles. The van der Waals surface area contributed by atoms with Gasteiger partial charge in [-0.05, 0) is 32.0 Å². The Kier molecular flexibility index (Phi) is 3.01. The highest BCUT2D eigenvalue weighted by Crippen LogP contribution is 2.30. The van der Waals surface area contributed by atoms with Gasteiger partial charge < -0.3 is 10.1 Å². The fourth-order valence-electron chi connectivity index (χ4n) is 2.80. The van der Waals surface area contributed by atoms with Gasteiger partial charge >= 0.3 is 0 Å². The molecule has 5 nitrogen and oxygen atoms in total. The van der Waals surface area contributed by atoms with E-state index in [1.807, 2.05) is 18.2 Å². The van der Waals surface area contributed by atoms with E-state index in [0.717, 1.165) is 21.9 Å². The van der Waals surface area contributed by atoms with E-state index in [2.05, 4.69) is 52.1 Å². The maximum atomic E-state index is 10.0. The number of hydrogen-bond acceptors (Lipinski definition) is 3. The lowest BCUT2D eigenvalue weighted by Gasteiger charge is -2.02. The zero-order valence-corrected chi connectivity index (χ0v) is 13.0. The summed E-state index contributed by atoms with van der Waals surface area (Å²) in [5, 5.41) is 20.7. The van der Waals surface area contributed by atoms with Gasteiger partial charge in [0.15, 0.2) is 24.1 Å². The third-order valence-electron chi connectivity index (χ3n) is 4.10. The largest absolute Gasteiger partial charge is 0.507 e. The fraction of sp³-hybridized carbons (Fsp3) is 0.167. The van der Waals surface area contributed by atoms with Crippen LogP contribution in [0.4, 0.5) is 0 Å². The molecule has 5 heteroatoms. The Hall–Kier alpha value is -2.95. The molecule has 3 heterocycles. The number of hydrogen-bond donors (Lipinski definition) is 2. The molecule has 0 amide bonds. The first-order chi connectivity index (χ1) is 11.1. The van der Waals surface area contributed by atoms with E-state index in [9.17, 15) is 5.11 Å². The van der Waals surface area contributed by atoms with Crippen LogP contribution in [-0.2, 0) is 0 Å². The smallest absolute Gasteiger partial charge is 0.179 e. The second-order valence-electron chi connectivity index (χ2n) is 5.95. The van der Waals surface area contributed by atoms with Crippen molar-refractivity contribution in [1.29, 1.82) is 0 Å². The zero-order valence-electron chi connectivity index (χ0n) is 13.0. The van der Waals surface area contributed by atoms with Gasteiger partial charge in [0.25, 0.3) is 0 Å². The number of phenols is 1. The van der Waals surface area contributed by atoms with Crippen molar-refractivity contribution in [2.75, 3.05) is 0 Å². The maximum Gasteiger partial charge on any atom is 0.179 e. The SMILES string of the molecule is CC(C)[n+]1ccc2[nH]c3nnc(-c4ccccc4O)cc3c2c1. The molecule has 0 fully saturated rings. The Bertz CT molecular complexity index is 1020. The van der Waals surface area contributed by atoms with E-state index in [1.165, 1.54) is 0 Å². The molecular formula is C18H17N4O+. The molecule has 23 heavy (non-hydrogen) atoms. The van der Waals surface area contributed by atoms with Crippen molar-refractivity contribution in [3.63, 3.8) is 0 Å². The number of H-pyrrole nitrogens is 1. The van der Waals surface area contributed by atoms with Crippen molar-refractivity contribution < 1.29 is 9.67 Å². The predicted molar refractivity (Wildman–Crippen MR) is 89.1 cm³/mol. The Balaban J connectivity index is 1.98. The molecule has 114 valence electrons. The van der Waals surface area contributed by atoms with Gasteiger partial charge in [-0.2, -0.15) is 0 Å². The van der Waals surface area contributed by atoms with Crippen LogP contribution in [-0.4, -0.2) is 20.3 Å². The molecular weight excluding hydrogens is 288 g/mol. The van der Waals surface area contributed by atoms with Gasteiger partial charge in [0.2, 0.25) is 0 Å². The second-order valence-corrected chi connectivity index (χ2v) is 5.95. The van der Waals surface area contributed by atoms with Crippen LogP contribution < -0.4 is 4.57 Å². The maximum absolute atomic E-state index is 10.0. The van der Waals surface area contributed by atoms with E-state index < -0.39 is 0 Å². The van der Waals surface area contributed by atoms with Gasteiger partial charge in [0.05, 0.1) is 16.6 Å². The first-order valence-corrected chi connectivity index (χ1v) is 7.62. The standard InChI is InChI=1S/C18H16N4O/c1-11(2)22-8-7-15-14(10-22)13-9-16(20-21-18(13)19-15)12-5-3-4-6-17(12)23/h3-11H,1-2H3,(H,20,23)/p+1. The molecule has 0 aliphatic carbocycles. The average molecular weight is 305 g/mol. The van der Waals surface area contributed by atoms with Crippen LogP contribution in [0, 0.1) is 0 Å². The monoisotopic (exact) mass is 305 g/mol. The number of phenolic OH excluding ortho intramolecular Hbond substituents is 1. The number of rotatable bonds is 2. The minimum atomic E-state index is 0.207. The summed E-state index contributed by atoms with van der Waals surface area (Å²) in [5.74, 6) is 0.207. The van der Waals surface area contributed by atoms with Gasteiger partial charge in [0.1, 0.15) is 5.75 Å². The number of fused-ring (bicyclic) bond motifs is 3. The van der Waals surface area contributed by atoms with E-state index in [-0.39, 0.29) is 5.75 Å². The van der Waals surface area contributed by atoms with Crippen LogP contribution in [0.5, 0.6) is 5.75 Å². The number of aromatic nitrogens is 4. The molecule has 0 atom stereocenters. The number of nitrogens with one attached hydrogen (secondary N) is 1. The van der Waals surface area contributed by atoms with Crippen molar-refractivity contribution >= 4 is 21.9 Å². The molecule has 0 spiro atoms. The molecule has 4 aromatic rings. The first kappa shape index (κ1) is 13.7. The lowest BCUT2D eigenvalue weighted by Crippen LogP contribution is -2.34. The normalized spacial score (nSPS) is 11.6. The summed E-state index contributed by atoms with van der Waals surface area (Å²) in [5.41, 5.74) is 3.13. The molecule has 0 unspecified atom stereocenters. The van der Waals surface area contributed by atoms with Crippen LogP contribution in [0.2, 0.25) is 0 Å². The van der Waals surface area contributed by atoms with Gasteiger partial charge in [-0.1, -0.05) is 12.1 Å². The van der Waals surface area contributed by atoms with Crippen molar-refractivity contribution in [3.05, 3.63) is 48.8 Å². The summed E-state index contributed by atoms with van der Waals surface area (Å²) < 4.78 is 2.16. The highest BCUT2D eigenvalue weighted by Gasteiger charge is 2.14. The summed E-state index contributed by atoms with van der Waals surface area (Å²) in [7, 11) is 0. The van der Waals surface area contributed by atoms with Crippen LogP contribution >= 0.6 is 0 Å². The molecule has 0 bridgehead atoms. The lowest BCUT2D eigenvalue weighted by atomic mass is 10.1. The third-order valence-corrected chi connectivity index (χ3v) is 4.10. The summed E-state index contributed by atoms with van der Waals surface area (Å²) >= 11 is 0. The van der Waals surface area contributed by atoms with Crippen molar-refractivity contribution in [3.8, 4) is 17.0 Å². The first-order valence-electron chi connectivity index (χ1n) is 7.62. The van der Waals surface area contributed by atoms with Crippen molar-refractivity contribution in [1.82, 2.24) is 15.2 Å². The van der Waals surface area contributed by atoms with Gasteiger partial charge in [-0.25, -0.2) is 4.57 Å². The van der Waals surface area contributed by atoms with Crippen LogP contribution in [0.1, 0.15) is 19.9 Å². The van der Waals surface area contributed by atoms with Crippen molar-refractivity contribution in [2.24, 2.45) is 0 Å². The van der Waals surface area contributed by atoms with Gasteiger partial charge in [-0.3, -0.25) is 0 Å². The summed E-state index contributed by atoms with van der Waals surface area (Å²) in [4.78, 5) is 3.29. The lowest BCUT2D eigenvalue weighted by molar-refractivity contribution is -0.715. The number of nitrogens with zero attached hydrogens (tertiary/aromatic N) is 3.